The Morgan fingerprint density at radius 3 is 2.75 bits per heavy atom. The number of anilines is 1. The van der Waals surface area contributed by atoms with E-state index in [0.717, 1.165) is 31.5 Å². The second-order valence-electron chi connectivity index (χ2n) is 5.13. The van der Waals surface area contributed by atoms with E-state index in [1.165, 1.54) is 7.11 Å². The topological polar surface area (TPSA) is 77.2 Å². The summed E-state index contributed by atoms with van der Waals surface area (Å²) in [5, 5.41) is 3.67. The van der Waals surface area contributed by atoms with E-state index in [4.69, 9.17) is 22.1 Å². The van der Waals surface area contributed by atoms with Crippen molar-refractivity contribution in [2.45, 2.75) is 25.7 Å². The monoisotopic (exact) mass is 297 g/mol. The van der Waals surface area contributed by atoms with Gasteiger partial charge in [-0.3, -0.25) is 4.79 Å². The summed E-state index contributed by atoms with van der Waals surface area (Å²) in [4.78, 5) is 16.3. The summed E-state index contributed by atoms with van der Waals surface area (Å²) in [6.07, 6.45) is 1.91. The summed E-state index contributed by atoms with van der Waals surface area (Å²) < 4.78 is 5.29. The number of halogens is 1. The number of nitrogens with one attached hydrogen (secondary N) is 1. The van der Waals surface area contributed by atoms with Crippen molar-refractivity contribution in [2.75, 3.05) is 25.9 Å². The Kier molecular flexibility index (Phi) is 4.83. The van der Waals surface area contributed by atoms with Gasteiger partial charge in [-0.1, -0.05) is 11.6 Å². The minimum atomic E-state index is -0.238. The van der Waals surface area contributed by atoms with Crippen LogP contribution in [-0.2, 0) is 4.79 Å². The second kappa shape index (κ2) is 6.41. The number of carbonyl (C=O) groups excluding carboxylic acids is 1. The number of aromatic nitrogens is 1. The Balaban J connectivity index is 2.42. The molecule has 2 rings (SSSR count). The Morgan fingerprint density at radius 1 is 1.55 bits per heavy atom. The van der Waals surface area contributed by atoms with E-state index in [-0.39, 0.29) is 23.4 Å². The molecule has 1 fully saturated rings. The second-order valence-corrected chi connectivity index (χ2v) is 5.54. The number of nitrogens with two attached hydrogens (primary N) is 1. The Morgan fingerprint density at radius 2 is 2.20 bits per heavy atom. The van der Waals surface area contributed by atoms with E-state index < -0.39 is 0 Å². The van der Waals surface area contributed by atoms with Gasteiger partial charge in [-0.25, -0.2) is 0 Å². The molecule has 1 saturated heterocycles. The number of pyridine rings is 1. The highest BCUT2D eigenvalue weighted by Crippen LogP contribution is 2.38. The lowest BCUT2D eigenvalue weighted by molar-refractivity contribution is -0.119. The predicted octanol–water partition coefficient (Wildman–Crippen LogP) is 2.00. The Bertz CT molecular complexity index is 501. The fraction of sp³-hybridized carbons (Fsp3) is 0.571. The zero-order chi connectivity index (χ0) is 14.7. The van der Waals surface area contributed by atoms with Crippen LogP contribution in [0.15, 0.2) is 6.07 Å². The van der Waals surface area contributed by atoms with Crippen LogP contribution in [-0.4, -0.2) is 31.0 Å². The number of hydrogen-bond donors (Lipinski definition) is 2. The summed E-state index contributed by atoms with van der Waals surface area (Å²) >= 11 is 6.06. The number of nitrogens with zero attached hydrogens (tertiary/aromatic N) is 1. The van der Waals surface area contributed by atoms with Gasteiger partial charge in [0.15, 0.2) is 0 Å². The number of hydrogen-bond acceptors (Lipinski definition) is 5. The van der Waals surface area contributed by atoms with Gasteiger partial charge in [-0.05, 0) is 44.8 Å². The van der Waals surface area contributed by atoms with Crippen LogP contribution in [0.3, 0.4) is 0 Å². The van der Waals surface area contributed by atoms with Crippen molar-refractivity contribution in [3.05, 3.63) is 16.7 Å². The number of ketones is 1. The molecule has 1 aliphatic heterocycles. The number of ether oxygens (including phenoxy) is 1. The molecule has 3 N–H and O–H groups in total. The molecule has 110 valence electrons. The highest BCUT2D eigenvalue weighted by Gasteiger charge is 2.31. The lowest BCUT2D eigenvalue weighted by Gasteiger charge is -2.30. The third-order valence-corrected chi connectivity index (χ3v) is 4.12. The zero-order valence-corrected chi connectivity index (χ0v) is 12.5. The van der Waals surface area contributed by atoms with Gasteiger partial charge < -0.3 is 15.8 Å². The lowest BCUT2D eigenvalue weighted by Crippen LogP contribution is -2.33. The fourth-order valence-electron chi connectivity index (χ4n) is 2.87. The average molecular weight is 298 g/mol. The molecule has 1 unspecified atom stereocenters. The van der Waals surface area contributed by atoms with Gasteiger partial charge in [0, 0.05) is 5.56 Å². The van der Waals surface area contributed by atoms with E-state index in [1.54, 1.807) is 13.0 Å². The molecule has 0 aromatic carbocycles. The van der Waals surface area contributed by atoms with Crippen LogP contribution in [0.4, 0.5) is 5.82 Å². The molecule has 0 amide bonds. The summed E-state index contributed by atoms with van der Waals surface area (Å²) in [6.45, 7) is 3.45. The van der Waals surface area contributed by atoms with E-state index >= 15 is 0 Å². The molecule has 5 nitrogen and oxygen atoms in total. The number of rotatable bonds is 4. The Hall–Kier alpha value is -1.33. The molecule has 1 aromatic rings. The van der Waals surface area contributed by atoms with Crippen LogP contribution in [0.5, 0.6) is 5.88 Å². The number of methoxy groups -OCH3 is 1. The molecule has 1 aromatic heterocycles. The molecule has 2 heterocycles. The van der Waals surface area contributed by atoms with E-state index in [0.29, 0.717) is 10.9 Å². The summed E-state index contributed by atoms with van der Waals surface area (Å²) in [7, 11) is 1.53. The maximum absolute atomic E-state index is 12.1. The maximum atomic E-state index is 12.1. The van der Waals surface area contributed by atoms with Gasteiger partial charge in [-0.15, -0.1) is 0 Å². The van der Waals surface area contributed by atoms with Gasteiger partial charge in [0.25, 0.3) is 0 Å². The van der Waals surface area contributed by atoms with Crippen molar-refractivity contribution in [2.24, 2.45) is 5.92 Å². The van der Waals surface area contributed by atoms with Crippen LogP contribution in [0.1, 0.15) is 31.2 Å². The molecule has 0 radical (unpaired) electrons. The standard InChI is InChI=1S/C14H20ClN3O2/c1-8(19)12(9-3-5-17-6-4-9)10-7-11(15)13(16)18-14(10)20-2/h7,9,12,17H,3-6H2,1-2H3,(H2,16,18). The normalized spacial score (nSPS) is 17.8. The van der Waals surface area contributed by atoms with E-state index in [9.17, 15) is 4.79 Å². The van der Waals surface area contributed by atoms with Crippen LogP contribution in [0.2, 0.25) is 5.02 Å². The maximum Gasteiger partial charge on any atom is 0.219 e. The lowest BCUT2D eigenvalue weighted by atomic mass is 9.78. The average Bonchev–Trinajstić information content (AvgIpc) is 2.43. The van der Waals surface area contributed by atoms with Crippen LogP contribution < -0.4 is 15.8 Å². The first-order chi connectivity index (χ1) is 9.54. The van der Waals surface area contributed by atoms with Crippen molar-refractivity contribution >= 4 is 23.2 Å². The summed E-state index contributed by atoms with van der Waals surface area (Å²) in [5.41, 5.74) is 6.44. The first kappa shape index (κ1) is 15.1. The molecule has 1 aliphatic rings. The highest BCUT2D eigenvalue weighted by molar-refractivity contribution is 6.32. The quantitative estimate of drug-likeness (QED) is 0.889. The third-order valence-electron chi connectivity index (χ3n) is 3.82. The number of piperidine rings is 1. The number of Topliss-reactive ketones (excluding diaryl/α,β-unsaturated/α-hetero) is 1. The van der Waals surface area contributed by atoms with Gasteiger partial charge in [0.05, 0.1) is 18.1 Å². The van der Waals surface area contributed by atoms with Gasteiger partial charge >= 0.3 is 0 Å². The largest absolute Gasteiger partial charge is 0.481 e. The molecule has 0 bridgehead atoms. The first-order valence-electron chi connectivity index (χ1n) is 6.75. The van der Waals surface area contributed by atoms with Crippen molar-refractivity contribution in [1.29, 1.82) is 0 Å². The summed E-state index contributed by atoms with van der Waals surface area (Å²) in [6, 6.07) is 1.72. The Labute approximate surface area is 123 Å². The van der Waals surface area contributed by atoms with E-state index in [2.05, 4.69) is 10.3 Å². The molecule has 20 heavy (non-hydrogen) atoms. The SMILES string of the molecule is COc1nc(N)c(Cl)cc1C(C(C)=O)C1CCNCC1. The van der Waals surface area contributed by atoms with Crippen molar-refractivity contribution in [3.63, 3.8) is 0 Å². The van der Waals surface area contributed by atoms with Gasteiger partial charge in [0.1, 0.15) is 11.6 Å². The van der Waals surface area contributed by atoms with Crippen molar-refractivity contribution in [1.82, 2.24) is 10.3 Å². The van der Waals surface area contributed by atoms with Gasteiger partial charge in [-0.2, -0.15) is 4.98 Å². The highest BCUT2D eigenvalue weighted by atomic mass is 35.5. The number of carbonyl (C=O) groups is 1. The molecular formula is C14H20ClN3O2. The molecule has 0 aliphatic carbocycles. The molecule has 0 saturated carbocycles. The fourth-order valence-corrected chi connectivity index (χ4v) is 3.03. The number of nitrogen functional groups attached to an aromatic ring is 1. The van der Waals surface area contributed by atoms with Crippen molar-refractivity contribution in [3.8, 4) is 5.88 Å². The third kappa shape index (κ3) is 3.04. The smallest absolute Gasteiger partial charge is 0.219 e. The molecule has 1 atom stereocenters. The van der Waals surface area contributed by atoms with Crippen molar-refractivity contribution < 1.29 is 9.53 Å². The minimum Gasteiger partial charge on any atom is -0.481 e. The first-order valence-corrected chi connectivity index (χ1v) is 7.13. The molecule has 6 heteroatoms. The van der Waals surface area contributed by atoms with Crippen LogP contribution in [0.25, 0.3) is 0 Å². The molecular weight excluding hydrogens is 278 g/mol. The predicted molar refractivity (Wildman–Crippen MR) is 79.2 cm³/mol. The van der Waals surface area contributed by atoms with Gasteiger partial charge in [0.2, 0.25) is 5.88 Å². The van der Waals surface area contributed by atoms with Crippen LogP contribution in [0, 0.1) is 5.92 Å². The molecule has 0 spiro atoms. The zero-order valence-electron chi connectivity index (χ0n) is 11.8. The van der Waals surface area contributed by atoms with E-state index in [1.807, 2.05) is 0 Å². The summed E-state index contributed by atoms with van der Waals surface area (Å²) in [5.74, 6) is 0.769. The van der Waals surface area contributed by atoms with Crippen LogP contribution >= 0.6 is 11.6 Å². The minimum absolute atomic E-state index is 0.109.